The van der Waals surface area contributed by atoms with Crippen molar-refractivity contribution < 1.29 is 4.74 Å². The average Bonchev–Trinajstić information content (AvgIpc) is 2.38. The fraction of sp³-hybridized carbons (Fsp3) is 0.154. The fourth-order valence-corrected chi connectivity index (χ4v) is 1.96. The maximum atomic E-state index is 5.15. The highest BCUT2D eigenvalue weighted by atomic mass is 79.9. The van der Waals surface area contributed by atoms with Gasteiger partial charge in [-0.3, -0.25) is 4.98 Å². The van der Waals surface area contributed by atoms with E-state index in [0.29, 0.717) is 0 Å². The molecular formula is C13H13BrN2O. The molecule has 0 amide bonds. The van der Waals surface area contributed by atoms with Crippen molar-refractivity contribution in [3.05, 3.63) is 52.8 Å². The van der Waals surface area contributed by atoms with Crippen LogP contribution in [0, 0.1) is 0 Å². The molecule has 1 heterocycles. The summed E-state index contributed by atoms with van der Waals surface area (Å²) >= 11 is 3.53. The SMILES string of the molecule is COc1ccc(CNc2cccnc2)c(Br)c1. The van der Waals surface area contributed by atoms with Crippen LogP contribution in [0.4, 0.5) is 5.69 Å². The van der Waals surface area contributed by atoms with Gasteiger partial charge < -0.3 is 10.1 Å². The van der Waals surface area contributed by atoms with E-state index in [1.165, 1.54) is 5.56 Å². The molecule has 0 unspecified atom stereocenters. The second-order valence-corrected chi connectivity index (χ2v) is 4.41. The molecule has 3 nitrogen and oxygen atoms in total. The minimum absolute atomic E-state index is 0.746. The molecule has 0 bridgehead atoms. The van der Waals surface area contributed by atoms with Gasteiger partial charge in [0.15, 0.2) is 0 Å². The Kier molecular flexibility index (Phi) is 3.98. The molecule has 17 heavy (non-hydrogen) atoms. The quantitative estimate of drug-likeness (QED) is 0.937. The first kappa shape index (κ1) is 11.9. The molecule has 1 aromatic carbocycles. The van der Waals surface area contributed by atoms with Gasteiger partial charge in [-0.1, -0.05) is 22.0 Å². The molecule has 1 N–H and O–H groups in total. The van der Waals surface area contributed by atoms with Gasteiger partial charge in [0.05, 0.1) is 12.8 Å². The summed E-state index contributed by atoms with van der Waals surface area (Å²) in [5.74, 6) is 0.849. The zero-order chi connectivity index (χ0) is 12.1. The average molecular weight is 293 g/mol. The van der Waals surface area contributed by atoms with Gasteiger partial charge in [-0.2, -0.15) is 0 Å². The Bertz CT molecular complexity index is 488. The first-order valence-electron chi connectivity index (χ1n) is 5.26. The number of methoxy groups -OCH3 is 1. The molecule has 0 radical (unpaired) electrons. The Morgan fingerprint density at radius 3 is 2.88 bits per heavy atom. The molecule has 0 saturated carbocycles. The van der Waals surface area contributed by atoms with E-state index in [9.17, 15) is 0 Å². The van der Waals surface area contributed by atoms with E-state index in [4.69, 9.17) is 4.74 Å². The third-order valence-corrected chi connectivity index (χ3v) is 3.14. The highest BCUT2D eigenvalue weighted by Crippen LogP contribution is 2.23. The number of aromatic nitrogens is 1. The van der Waals surface area contributed by atoms with Gasteiger partial charge >= 0.3 is 0 Å². The Hall–Kier alpha value is -1.55. The van der Waals surface area contributed by atoms with Crippen LogP contribution >= 0.6 is 15.9 Å². The van der Waals surface area contributed by atoms with Crippen molar-refractivity contribution in [2.24, 2.45) is 0 Å². The van der Waals surface area contributed by atoms with Crippen LogP contribution in [-0.2, 0) is 6.54 Å². The van der Waals surface area contributed by atoms with Gasteiger partial charge in [0.1, 0.15) is 5.75 Å². The standard InChI is InChI=1S/C13H13BrN2O/c1-17-12-5-4-10(13(14)7-12)8-16-11-3-2-6-15-9-11/h2-7,9,16H,8H2,1H3. The molecule has 2 aromatic rings. The van der Waals surface area contributed by atoms with Gasteiger partial charge in [-0.15, -0.1) is 0 Å². The number of rotatable bonds is 4. The van der Waals surface area contributed by atoms with E-state index in [1.54, 1.807) is 19.5 Å². The van der Waals surface area contributed by atoms with Crippen LogP contribution in [-0.4, -0.2) is 12.1 Å². The number of nitrogens with one attached hydrogen (secondary N) is 1. The molecule has 4 heteroatoms. The fourth-order valence-electron chi connectivity index (χ4n) is 1.46. The molecule has 0 fully saturated rings. The molecule has 1 aromatic heterocycles. The largest absolute Gasteiger partial charge is 0.497 e. The second-order valence-electron chi connectivity index (χ2n) is 3.55. The summed E-state index contributed by atoms with van der Waals surface area (Å²) in [7, 11) is 1.66. The summed E-state index contributed by atoms with van der Waals surface area (Å²) in [6, 6.07) is 9.84. The molecule has 88 valence electrons. The highest BCUT2D eigenvalue weighted by Gasteiger charge is 2.01. The minimum Gasteiger partial charge on any atom is -0.497 e. The Morgan fingerprint density at radius 1 is 1.35 bits per heavy atom. The van der Waals surface area contributed by atoms with Gasteiger partial charge in [0, 0.05) is 23.4 Å². The van der Waals surface area contributed by atoms with Crippen molar-refractivity contribution in [3.8, 4) is 5.75 Å². The summed E-state index contributed by atoms with van der Waals surface area (Å²) in [5.41, 5.74) is 2.19. The van der Waals surface area contributed by atoms with Crippen molar-refractivity contribution in [2.75, 3.05) is 12.4 Å². The van der Waals surface area contributed by atoms with Crippen LogP contribution in [0.2, 0.25) is 0 Å². The maximum absolute atomic E-state index is 5.15. The van der Waals surface area contributed by atoms with Crippen molar-refractivity contribution in [2.45, 2.75) is 6.54 Å². The lowest BCUT2D eigenvalue weighted by Crippen LogP contribution is -2.00. The highest BCUT2D eigenvalue weighted by molar-refractivity contribution is 9.10. The number of pyridine rings is 1. The molecular weight excluding hydrogens is 280 g/mol. The van der Waals surface area contributed by atoms with Gasteiger partial charge in [-0.25, -0.2) is 0 Å². The van der Waals surface area contributed by atoms with Crippen molar-refractivity contribution in [1.82, 2.24) is 4.98 Å². The first-order chi connectivity index (χ1) is 8.29. The van der Waals surface area contributed by atoms with E-state index in [1.807, 2.05) is 30.3 Å². The molecule has 0 saturated heterocycles. The minimum atomic E-state index is 0.746. The lowest BCUT2D eigenvalue weighted by Gasteiger charge is -2.09. The summed E-state index contributed by atoms with van der Waals surface area (Å²) in [4.78, 5) is 4.05. The number of hydrogen-bond acceptors (Lipinski definition) is 3. The third-order valence-electron chi connectivity index (χ3n) is 2.40. The summed E-state index contributed by atoms with van der Waals surface area (Å²) in [5, 5.41) is 3.31. The van der Waals surface area contributed by atoms with Gasteiger partial charge in [0.25, 0.3) is 0 Å². The number of benzene rings is 1. The number of ether oxygens (including phenoxy) is 1. The smallest absolute Gasteiger partial charge is 0.120 e. The van der Waals surface area contributed by atoms with Gasteiger partial charge in [0.2, 0.25) is 0 Å². The zero-order valence-electron chi connectivity index (χ0n) is 9.48. The monoisotopic (exact) mass is 292 g/mol. The van der Waals surface area contributed by atoms with Crippen LogP contribution in [0.3, 0.4) is 0 Å². The van der Waals surface area contributed by atoms with E-state index in [2.05, 4.69) is 26.2 Å². The normalized spacial score (nSPS) is 10.0. The lowest BCUT2D eigenvalue weighted by molar-refractivity contribution is 0.414. The predicted molar refractivity (Wildman–Crippen MR) is 72.3 cm³/mol. The summed E-state index contributed by atoms with van der Waals surface area (Å²) in [6.45, 7) is 0.746. The topological polar surface area (TPSA) is 34.1 Å². The molecule has 0 spiro atoms. The van der Waals surface area contributed by atoms with Crippen LogP contribution in [0.5, 0.6) is 5.75 Å². The third kappa shape index (κ3) is 3.20. The summed E-state index contributed by atoms with van der Waals surface area (Å²) < 4.78 is 6.19. The van der Waals surface area contributed by atoms with E-state index in [-0.39, 0.29) is 0 Å². The van der Waals surface area contributed by atoms with Crippen LogP contribution in [0.25, 0.3) is 0 Å². The molecule has 2 rings (SSSR count). The molecule has 0 aliphatic heterocycles. The van der Waals surface area contributed by atoms with Crippen molar-refractivity contribution >= 4 is 21.6 Å². The number of hydrogen-bond donors (Lipinski definition) is 1. The van der Waals surface area contributed by atoms with E-state index in [0.717, 1.165) is 22.5 Å². The summed E-state index contributed by atoms with van der Waals surface area (Å²) in [6.07, 6.45) is 3.56. The van der Waals surface area contributed by atoms with Crippen LogP contribution < -0.4 is 10.1 Å². The number of anilines is 1. The first-order valence-corrected chi connectivity index (χ1v) is 6.05. The molecule has 0 aliphatic carbocycles. The number of nitrogens with zero attached hydrogens (tertiary/aromatic N) is 1. The Labute approximate surface area is 109 Å². The number of halogens is 1. The van der Waals surface area contributed by atoms with Crippen molar-refractivity contribution in [1.29, 1.82) is 0 Å². The second kappa shape index (κ2) is 5.68. The maximum Gasteiger partial charge on any atom is 0.120 e. The molecule has 0 atom stereocenters. The van der Waals surface area contributed by atoms with Crippen LogP contribution in [0.1, 0.15) is 5.56 Å². The lowest BCUT2D eigenvalue weighted by atomic mass is 10.2. The van der Waals surface area contributed by atoms with Crippen molar-refractivity contribution in [3.63, 3.8) is 0 Å². The van der Waals surface area contributed by atoms with E-state index >= 15 is 0 Å². The Morgan fingerprint density at radius 2 is 2.24 bits per heavy atom. The Balaban J connectivity index is 2.04. The predicted octanol–water partition coefficient (Wildman–Crippen LogP) is 3.46. The van der Waals surface area contributed by atoms with Crippen LogP contribution in [0.15, 0.2) is 47.2 Å². The zero-order valence-corrected chi connectivity index (χ0v) is 11.1. The van der Waals surface area contributed by atoms with Gasteiger partial charge in [-0.05, 0) is 29.8 Å². The molecule has 0 aliphatic rings. The van der Waals surface area contributed by atoms with E-state index < -0.39 is 0 Å².